The molecule has 0 fully saturated rings. The Kier molecular flexibility index (Phi) is 3.90. The molecule has 0 spiro atoms. The van der Waals surface area contributed by atoms with Crippen LogP contribution in [0.2, 0.25) is 5.02 Å². The van der Waals surface area contributed by atoms with Gasteiger partial charge in [0.15, 0.2) is 5.82 Å². The molecule has 6 heteroatoms. The van der Waals surface area contributed by atoms with Crippen LogP contribution in [-0.2, 0) is 5.41 Å². The first-order chi connectivity index (χ1) is 10.8. The molecule has 1 aromatic carbocycles. The molecule has 0 amide bonds. The van der Waals surface area contributed by atoms with Gasteiger partial charge in [-0.25, -0.2) is 9.37 Å². The van der Waals surface area contributed by atoms with Gasteiger partial charge < -0.3 is 0 Å². The molecule has 0 aliphatic rings. The normalized spacial score (nSPS) is 12.4. The second kappa shape index (κ2) is 5.74. The van der Waals surface area contributed by atoms with Crippen molar-refractivity contribution in [3.63, 3.8) is 0 Å². The zero-order valence-corrected chi connectivity index (χ0v) is 13.8. The Labute approximate surface area is 138 Å². The summed E-state index contributed by atoms with van der Waals surface area (Å²) in [4.78, 5) is 4.57. The predicted molar refractivity (Wildman–Crippen MR) is 89.5 cm³/mol. The van der Waals surface area contributed by atoms with Crippen LogP contribution in [0.3, 0.4) is 0 Å². The molecular weight excluding hydrogens is 315 g/mol. The van der Waals surface area contributed by atoms with Gasteiger partial charge in [-0.2, -0.15) is 0 Å². The summed E-state index contributed by atoms with van der Waals surface area (Å²) in [6.45, 7) is 6.10. The van der Waals surface area contributed by atoms with E-state index in [9.17, 15) is 4.39 Å². The van der Waals surface area contributed by atoms with E-state index < -0.39 is 0 Å². The van der Waals surface area contributed by atoms with Crippen molar-refractivity contribution in [2.24, 2.45) is 10.2 Å². The van der Waals surface area contributed by atoms with Gasteiger partial charge in [0.25, 0.3) is 0 Å². The van der Waals surface area contributed by atoms with E-state index in [1.54, 1.807) is 34.7 Å². The number of benzene rings is 1. The Morgan fingerprint density at radius 2 is 1.74 bits per heavy atom. The summed E-state index contributed by atoms with van der Waals surface area (Å²) in [6.07, 6.45) is 1.37. The van der Waals surface area contributed by atoms with Crippen LogP contribution in [0.5, 0.6) is 0 Å². The third-order valence-corrected chi connectivity index (χ3v) is 3.61. The number of azo groups is 1. The zero-order chi connectivity index (χ0) is 16.6. The molecule has 2 heterocycles. The first kappa shape index (κ1) is 15.6. The molecular formula is C17H16ClFN4. The molecule has 0 saturated heterocycles. The van der Waals surface area contributed by atoms with Gasteiger partial charge in [-0.3, -0.25) is 4.40 Å². The fourth-order valence-corrected chi connectivity index (χ4v) is 2.34. The van der Waals surface area contributed by atoms with Crippen LogP contribution in [0.4, 0.5) is 15.9 Å². The standard InChI is InChI=1S/C17H16ClFN4/c1-17(2,3)15-16(22-21-13-7-4-11(18)5-8-13)23-10-12(19)6-9-14(23)20-15/h4-10H,1-3H3. The van der Waals surface area contributed by atoms with E-state index in [4.69, 9.17) is 11.6 Å². The van der Waals surface area contributed by atoms with E-state index in [1.165, 1.54) is 12.3 Å². The van der Waals surface area contributed by atoms with Gasteiger partial charge in [0.2, 0.25) is 0 Å². The maximum Gasteiger partial charge on any atom is 0.183 e. The van der Waals surface area contributed by atoms with E-state index in [0.29, 0.717) is 22.2 Å². The van der Waals surface area contributed by atoms with Crippen LogP contribution >= 0.6 is 11.6 Å². The molecule has 3 aromatic rings. The maximum atomic E-state index is 13.6. The highest BCUT2D eigenvalue weighted by Gasteiger charge is 2.24. The highest BCUT2D eigenvalue weighted by molar-refractivity contribution is 6.30. The highest BCUT2D eigenvalue weighted by Crippen LogP contribution is 2.33. The lowest BCUT2D eigenvalue weighted by molar-refractivity contribution is 0.573. The van der Waals surface area contributed by atoms with Crippen molar-refractivity contribution in [3.05, 3.63) is 59.1 Å². The van der Waals surface area contributed by atoms with Gasteiger partial charge in [0, 0.05) is 16.6 Å². The molecule has 0 atom stereocenters. The monoisotopic (exact) mass is 330 g/mol. The largest absolute Gasteiger partial charge is 0.280 e. The Balaban J connectivity index is 2.14. The van der Waals surface area contributed by atoms with Crippen LogP contribution in [0.15, 0.2) is 52.8 Å². The smallest absolute Gasteiger partial charge is 0.183 e. The highest BCUT2D eigenvalue weighted by atomic mass is 35.5. The molecule has 23 heavy (non-hydrogen) atoms. The number of halogens is 2. The van der Waals surface area contributed by atoms with Crippen LogP contribution in [-0.4, -0.2) is 9.38 Å². The number of rotatable bonds is 2. The number of hydrogen-bond donors (Lipinski definition) is 0. The zero-order valence-electron chi connectivity index (χ0n) is 13.1. The van der Waals surface area contributed by atoms with Crippen LogP contribution in [0, 0.1) is 5.82 Å². The van der Waals surface area contributed by atoms with Gasteiger partial charge >= 0.3 is 0 Å². The quantitative estimate of drug-likeness (QED) is 0.544. The molecule has 3 rings (SSSR count). The fraction of sp³-hybridized carbons (Fsp3) is 0.235. The Morgan fingerprint density at radius 3 is 2.39 bits per heavy atom. The average molecular weight is 331 g/mol. The Hall–Kier alpha value is -2.27. The van der Waals surface area contributed by atoms with Crippen molar-refractivity contribution < 1.29 is 4.39 Å². The van der Waals surface area contributed by atoms with Gasteiger partial charge in [-0.05, 0) is 36.4 Å². The lowest BCUT2D eigenvalue weighted by atomic mass is 9.92. The average Bonchev–Trinajstić information content (AvgIpc) is 2.85. The molecule has 4 nitrogen and oxygen atoms in total. The predicted octanol–water partition coefficient (Wildman–Crippen LogP) is 5.84. The molecule has 0 bridgehead atoms. The van der Waals surface area contributed by atoms with E-state index in [2.05, 4.69) is 15.2 Å². The van der Waals surface area contributed by atoms with Gasteiger partial charge in [-0.15, -0.1) is 10.2 Å². The molecule has 118 valence electrons. The van der Waals surface area contributed by atoms with Gasteiger partial charge in [0.05, 0.1) is 11.4 Å². The first-order valence-electron chi connectivity index (χ1n) is 7.20. The van der Waals surface area contributed by atoms with E-state index in [0.717, 1.165) is 5.69 Å². The summed E-state index contributed by atoms with van der Waals surface area (Å²) in [5.41, 5.74) is 1.83. The van der Waals surface area contributed by atoms with Crippen molar-refractivity contribution in [1.82, 2.24) is 9.38 Å². The Bertz CT molecular complexity index is 876. The van der Waals surface area contributed by atoms with Crippen LogP contribution < -0.4 is 0 Å². The van der Waals surface area contributed by atoms with E-state index in [1.807, 2.05) is 20.8 Å². The van der Waals surface area contributed by atoms with E-state index >= 15 is 0 Å². The van der Waals surface area contributed by atoms with Crippen molar-refractivity contribution in [2.75, 3.05) is 0 Å². The third-order valence-electron chi connectivity index (χ3n) is 3.35. The van der Waals surface area contributed by atoms with Crippen molar-refractivity contribution in [1.29, 1.82) is 0 Å². The summed E-state index contributed by atoms with van der Waals surface area (Å²) in [6, 6.07) is 10.0. The maximum absolute atomic E-state index is 13.6. The molecule has 0 aliphatic heterocycles. The summed E-state index contributed by atoms with van der Waals surface area (Å²) >= 11 is 5.86. The molecule has 0 saturated carbocycles. The minimum Gasteiger partial charge on any atom is -0.280 e. The number of fused-ring (bicyclic) bond motifs is 1. The molecule has 0 radical (unpaired) electrons. The van der Waals surface area contributed by atoms with E-state index in [-0.39, 0.29) is 11.2 Å². The summed E-state index contributed by atoms with van der Waals surface area (Å²) < 4.78 is 15.2. The van der Waals surface area contributed by atoms with Gasteiger partial charge in [-0.1, -0.05) is 32.4 Å². The lowest BCUT2D eigenvalue weighted by Gasteiger charge is -2.15. The number of imidazole rings is 1. The lowest BCUT2D eigenvalue weighted by Crippen LogP contribution is -2.11. The molecule has 0 aliphatic carbocycles. The first-order valence-corrected chi connectivity index (χ1v) is 7.58. The fourth-order valence-electron chi connectivity index (χ4n) is 2.22. The van der Waals surface area contributed by atoms with Crippen LogP contribution in [0.1, 0.15) is 26.5 Å². The van der Waals surface area contributed by atoms with Gasteiger partial charge in [0.1, 0.15) is 11.5 Å². The summed E-state index contributed by atoms with van der Waals surface area (Å²) in [5.74, 6) is 0.181. The number of pyridine rings is 1. The second-order valence-electron chi connectivity index (χ2n) is 6.29. The molecule has 2 aromatic heterocycles. The SMILES string of the molecule is CC(C)(C)c1nc2ccc(F)cn2c1N=Nc1ccc(Cl)cc1. The summed E-state index contributed by atoms with van der Waals surface area (Å²) in [5, 5.41) is 9.18. The van der Waals surface area contributed by atoms with Crippen molar-refractivity contribution in [3.8, 4) is 0 Å². The molecule has 0 N–H and O–H groups in total. The van der Waals surface area contributed by atoms with Crippen molar-refractivity contribution >= 4 is 28.8 Å². The van der Waals surface area contributed by atoms with Crippen LogP contribution in [0.25, 0.3) is 5.65 Å². The minimum atomic E-state index is -0.349. The number of aromatic nitrogens is 2. The van der Waals surface area contributed by atoms with Crippen molar-refractivity contribution in [2.45, 2.75) is 26.2 Å². The molecule has 0 unspecified atom stereocenters. The second-order valence-corrected chi connectivity index (χ2v) is 6.72. The number of nitrogens with zero attached hydrogens (tertiary/aromatic N) is 4. The number of hydrogen-bond acceptors (Lipinski definition) is 3. The Morgan fingerprint density at radius 1 is 1.04 bits per heavy atom. The summed E-state index contributed by atoms with van der Waals surface area (Å²) in [7, 11) is 0. The third kappa shape index (κ3) is 3.24. The topological polar surface area (TPSA) is 42.0 Å². The minimum absolute atomic E-state index is 0.239.